The highest BCUT2D eigenvalue weighted by Gasteiger charge is 2.52. The quantitative estimate of drug-likeness (QED) is 0.837. The lowest BCUT2D eigenvalue weighted by Crippen LogP contribution is -2.41. The van der Waals surface area contributed by atoms with E-state index in [2.05, 4.69) is 29.6 Å². The molecule has 22 heavy (non-hydrogen) atoms. The van der Waals surface area contributed by atoms with Crippen molar-refractivity contribution in [3.63, 3.8) is 0 Å². The Morgan fingerprint density at radius 3 is 2.05 bits per heavy atom. The first kappa shape index (κ1) is 15.1. The van der Waals surface area contributed by atoms with E-state index < -0.39 is 5.41 Å². The predicted molar refractivity (Wildman–Crippen MR) is 90.1 cm³/mol. The van der Waals surface area contributed by atoms with Crippen molar-refractivity contribution in [3.8, 4) is 0 Å². The summed E-state index contributed by atoms with van der Waals surface area (Å²) in [4.78, 5) is 12.9. The molecule has 3 rings (SSSR count). The van der Waals surface area contributed by atoms with Crippen molar-refractivity contribution >= 4 is 17.5 Å². The van der Waals surface area contributed by atoms with E-state index in [1.165, 1.54) is 0 Å². The van der Waals surface area contributed by atoms with Gasteiger partial charge >= 0.3 is 0 Å². The molecular weight excluding hydrogens is 294 g/mol. The van der Waals surface area contributed by atoms with Crippen molar-refractivity contribution in [1.29, 1.82) is 0 Å². The number of amides is 1. The Morgan fingerprint density at radius 2 is 1.55 bits per heavy atom. The smallest absolute Gasteiger partial charge is 0.235 e. The monoisotopic (exact) mass is 313 g/mol. The van der Waals surface area contributed by atoms with Gasteiger partial charge in [0.25, 0.3) is 0 Å². The van der Waals surface area contributed by atoms with Crippen LogP contribution in [0, 0.1) is 5.92 Å². The zero-order valence-corrected chi connectivity index (χ0v) is 13.2. The van der Waals surface area contributed by atoms with E-state index in [0.29, 0.717) is 12.4 Å². The minimum Gasteiger partial charge on any atom is -0.355 e. The summed E-state index contributed by atoms with van der Waals surface area (Å²) < 4.78 is 0. The van der Waals surface area contributed by atoms with Crippen molar-refractivity contribution in [1.82, 2.24) is 5.32 Å². The third-order valence-electron chi connectivity index (χ3n) is 4.62. The molecule has 0 aliphatic carbocycles. The molecule has 2 aromatic rings. The van der Waals surface area contributed by atoms with Gasteiger partial charge < -0.3 is 5.32 Å². The van der Waals surface area contributed by atoms with Crippen LogP contribution in [0.2, 0.25) is 0 Å². The van der Waals surface area contributed by atoms with Crippen molar-refractivity contribution in [2.75, 3.05) is 12.4 Å². The Kier molecular flexibility index (Phi) is 4.49. The third-order valence-corrected chi connectivity index (χ3v) is 4.89. The van der Waals surface area contributed by atoms with Gasteiger partial charge in [-0.15, -0.1) is 11.6 Å². The first-order valence-corrected chi connectivity index (χ1v) is 8.29. The second-order valence-electron chi connectivity index (χ2n) is 5.78. The largest absolute Gasteiger partial charge is 0.355 e. The van der Waals surface area contributed by atoms with Gasteiger partial charge in [-0.05, 0) is 29.9 Å². The first-order chi connectivity index (χ1) is 10.8. The molecule has 0 aromatic heterocycles. The number of benzene rings is 2. The van der Waals surface area contributed by atoms with Crippen LogP contribution in [0.3, 0.4) is 0 Å². The third kappa shape index (κ3) is 2.42. The van der Waals surface area contributed by atoms with Gasteiger partial charge in [0.2, 0.25) is 5.91 Å². The highest BCUT2D eigenvalue weighted by atomic mass is 35.5. The number of carbonyl (C=O) groups is 1. The van der Waals surface area contributed by atoms with Gasteiger partial charge in [-0.1, -0.05) is 60.7 Å². The van der Waals surface area contributed by atoms with E-state index in [1.807, 2.05) is 36.4 Å². The molecule has 1 unspecified atom stereocenters. The van der Waals surface area contributed by atoms with E-state index in [4.69, 9.17) is 11.6 Å². The summed E-state index contributed by atoms with van der Waals surface area (Å²) in [7, 11) is 0. The van der Waals surface area contributed by atoms with Crippen molar-refractivity contribution in [2.24, 2.45) is 5.92 Å². The highest BCUT2D eigenvalue weighted by molar-refractivity contribution is 6.17. The number of carbonyl (C=O) groups excluding carboxylic acids is 1. The molecule has 1 atom stereocenters. The predicted octanol–water partition coefficient (Wildman–Crippen LogP) is 3.74. The normalized spacial score (nSPS) is 19.9. The molecule has 1 saturated heterocycles. The van der Waals surface area contributed by atoms with Gasteiger partial charge in [0, 0.05) is 12.4 Å². The second kappa shape index (κ2) is 6.53. The Labute approximate surface area is 136 Å². The summed E-state index contributed by atoms with van der Waals surface area (Å²) in [5.74, 6) is 0.956. The number of hydrogen-bond donors (Lipinski definition) is 1. The number of rotatable bonds is 5. The molecule has 1 aliphatic rings. The number of alkyl halides is 1. The second-order valence-corrected chi connectivity index (χ2v) is 6.16. The zero-order chi connectivity index (χ0) is 15.4. The summed E-state index contributed by atoms with van der Waals surface area (Å²) in [5, 5.41) is 3.08. The van der Waals surface area contributed by atoms with Crippen LogP contribution in [0.5, 0.6) is 0 Å². The fourth-order valence-corrected chi connectivity index (χ4v) is 3.79. The van der Waals surface area contributed by atoms with E-state index in [9.17, 15) is 4.79 Å². The van der Waals surface area contributed by atoms with Crippen molar-refractivity contribution in [3.05, 3.63) is 71.8 Å². The van der Waals surface area contributed by atoms with Crippen LogP contribution in [-0.4, -0.2) is 18.3 Å². The number of halogens is 1. The molecule has 114 valence electrons. The topological polar surface area (TPSA) is 29.1 Å². The van der Waals surface area contributed by atoms with E-state index in [-0.39, 0.29) is 11.8 Å². The van der Waals surface area contributed by atoms with Gasteiger partial charge in [0.1, 0.15) is 5.41 Å². The van der Waals surface area contributed by atoms with Crippen LogP contribution in [0.25, 0.3) is 0 Å². The van der Waals surface area contributed by atoms with E-state index >= 15 is 0 Å². The van der Waals surface area contributed by atoms with Gasteiger partial charge in [0.05, 0.1) is 0 Å². The molecule has 1 heterocycles. The summed E-state index contributed by atoms with van der Waals surface area (Å²) in [6, 6.07) is 20.2. The molecule has 2 nitrogen and oxygen atoms in total. The molecule has 0 saturated carbocycles. The molecule has 1 N–H and O–H groups in total. The van der Waals surface area contributed by atoms with Crippen LogP contribution >= 0.6 is 11.6 Å². The van der Waals surface area contributed by atoms with Gasteiger partial charge in [-0.3, -0.25) is 4.79 Å². The Balaban J connectivity index is 2.16. The summed E-state index contributed by atoms with van der Waals surface area (Å²) in [6.07, 6.45) is 1.86. The average Bonchev–Trinajstić information content (AvgIpc) is 2.92. The molecule has 0 bridgehead atoms. The van der Waals surface area contributed by atoms with Crippen LogP contribution < -0.4 is 5.32 Å². The molecule has 0 spiro atoms. The van der Waals surface area contributed by atoms with Crippen LogP contribution in [0.1, 0.15) is 24.0 Å². The lowest BCUT2D eigenvalue weighted by Gasteiger charge is -2.34. The summed E-state index contributed by atoms with van der Waals surface area (Å²) in [5.41, 5.74) is 1.53. The lowest BCUT2D eigenvalue weighted by atomic mass is 9.66. The first-order valence-electron chi connectivity index (χ1n) is 7.75. The van der Waals surface area contributed by atoms with E-state index in [0.717, 1.165) is 24.0 Å². The SMILES string of the molecule is O=C1NCC(CCCCl)C1(c1ccccc1)c1ccccc1. The molecule has 2 aromatic carbocycles. The molecule has 1 amide bonds. The Hall–Kier alpha value is -1.80. The van der Waals surface area contributed by atoms with Crippen LogP contribution in [-0.2, 0) is 10.2 Å². The fourth-order valence-electron chi connectivity index (χ4n) is 3.64. The van der Waals surface area contributed by atoms with Gasteiger partial charge in [-0.25, -0.2) is 0 Å². The summed E-state index contributed by atoms with van der Waals surface area (Å²) >= 11 is 5.90. The number of nitrogens with one attached hydrogen (secondary N) is 1. The van der Waals surface area contributed by atoms with Crippen LogP contribution in [0.4, 0.5) is 0 Å². The minimum atomic E-state index is -0.603. The average molecular weight is 314 g/mol. The lowest BCUT2D eigenvalue weighted by molar-refractivity contribution is -0.123. The molecule has 1 fully saturated rings. The maximum absolute atomic E-state index is 12.9. The Morgan fingerprint density at radius 1 is 1.00 bits per heavy atom. The zero-order valence-electron chi connectivity index (χ0n) is 12.5. The number of hydrogen-bond acceptors (Lipinski definition) is 1. The molecule has 0 radical (unpaired) electrons. The standard InChI is InChI=1S/C19H20ClNO/c20-13-7-12-17-14-21-18(22)19(17,15-8-3-1-4-9-15)16-10-5-2-6-11-16/h1-6,8-11,17H,7,12-14H2,(H,21,22). The maximum Gasteiger partial charge on any atom is 0.235 e. The highest BCUT2D eigenvalue weighted by Crippen LogP contribution is 2.44. The van der Waals surface area contributed by atoms with E-state index in [1.54, 1.807) is 0 Å². The molecule has 1 aliphatic heterocycles. The summed E-state index contributed by atoms with van der Waals surface area (Å²) in [6.45, 7) is 0.708. The van der Waals surface area contributed by atoms with Gasteiger partial charge in [0.15, 0.2) is 0 Å². The molecular formula is C19H20ClNO. The fraction of sp³-hybridized carbons (Fsp3) is 0.316. The molecule has 3 heteroatoms. The van der Waals surface area contributed by atoms with Gasteiger partial charge in [-0.2, -0.15) is 0 Å². The van der Waals surface area contributed by atoms with Crippen molar-refractivity contribution in [2.45, 2.75) is 18.3 Å². The Bertz CT molecular complexity index is 587. The van der Waals surface area contributed by atoms with Crippen LogP contribution in [0.15, 0.2) is 60.7 Å². The van der Waals surface area contributed by atoms with Crippen molar-refractivity contribution < 1.29 is 4.79 Å². The minimum absolute atomic E-state index is 0.101. The maximum atomic E-state index is 12.9.